The lowest BCUT2D eigenvalue weighted by atomic mass is 9.98. The minimum Gasteiger partial charge on any atom is -0.466 e. The van der Waals surface area contributed by atoms with E-state index in [2.05, 4.69) is 50.4 Å². The van der Waals surface area contributed by atoms with Crippen molar-refractivity contribution in [2.75, 3.05) is 53.0 Å². The van der Waals surface area contributed by atoms with Gasteiger partial charge in [0.05, 0.1) is 18.6 Å². The van der Waals surface area contributed by atoms with Gasteiger partial charge in [-0.15, -0.1) is 0 Å². The van der Waals surface area contributed by atoms with Crippen LogP contribution in [0.4, 0.5) is 0 Å². The maximum atomic E-state index is 12.1. The van der Waals surface area contributed by atoms with Gasteiger partial charge in [-0.3, -0.25) is 14.7 Å². The fraction of sp³-hybridized carbons (Fsp3) is 0.680. The summed E-state index contributed by atoms with van der Waals surface area (Å²) < 4.78 is 11.3. The number of carbonyl (C=O) groups excluding carboxylic acids is 1. The monoisotopic (exact) mass is 444 g/mol. The number of rotatable bonds is 9. The summed E-state index contributed by atoms with van der Waals surface area (Å²) >= 11 is 0. The van der Waals surface area contributed by atoms with Gasteiger partial charge in [0, 0.05) is 52.9 Å². The number of likely N-dealkylation sites (tertiary alicyclic amines) is 2. The zero-order chi connectivity index (χ0) is 22.6. The van der Waals surface area contributed by atoms with Crippen LogP contribution >= 0.6 is 0 Å². The number of ether oxygens (including phenoxy) is 2. The van der Waals surface area contributed by atoms with Gasteiger partial charge in [0.2, 0.25) is 0 Å². The molecule has 178 valence electrons. The molecule has 7 nitrogen and oxygen atoms in total. The summed E-state index contributed by atoms with van der Waals surface area (Å²) in [5.74, 6) is 0.724. The van der Waals surface area contributed by atoms with Crippen molar-refractivity contribution >= 4 is 11.9 Å². The van der Waals surface area contributed by atoms with Crippen molar-refractivity contribution in [1.29, 1.82) is 0 Å². The topological polar surface area (TPSA) is 66.4 Å². The molecule has 1 aromatic carbocycles. The highest BCUT2D eigenvalue weighted by molar-refractivity contribution is 5.81. The van der Waals surface area contributed by atoms with E-state index in [-0.39, 0.29) is 11.9 Å². The van der Waals surface area contributed by atoms with Crippen LogP contribution in [-0.4, -0.2) is 80.8 Å². The number of benzene rings is 1. The highest BCUT2D eigenvalue weighted by Crippen LogP contribution is 2.18. The number of hydrogen-bond acceptors (Lipinski definition) is 5. The van der Waals surface area contributed by atoms with Crippen LogP contribution < -0.4 is 5.32 Å². The quantitative estimate of drug-likeness (QED) is 0.273. The molecule has 0 spiro atoms. The zero-order valence-corrected chi connectivity index (χ0v) is 19.8. The summed E-state index contributed by atoms with van der Waals surface area (Å²) in [7, 11) is 1.80. The van der Waals surface area contributed by atoms with E-state index in [9.17, 15) is 4.79 Å². The van der Waals surface area contributed by atoms with Crippen LogP contribution in [0, 0.1) is 5.92 Å². The second-order valence-electron chi connectivity index (χ2n) is 8.70. The van der Waals surface area contributed by atoms with E-state index in [4.69, 9.17) is 9.47 Å². The highest BCUT2D eigenvalue weighted by atomic mass is 16.5. The Morgan fingerprint density at radius 3 is 2.66 bits per heavy atom. The van der Waals surface area contributed by atoms with Gasteiger partial charge in [-0.2, -0.15) is 0 Å². The largest absolute Gasteiger partial charge is 0.466 e. The van der Waals surface area contributed by atoms with Crippen molar-refractivity contribution in [2.45, 2.75) is 51.7 Å². The molecular weight excluding hydrogens is 404 g/mol. The molecule has 0 unspecified atom stereocenters. The summed E-state index contributed by atoms with van der Waals surface area (Å²) in [6.45, 7) is 8.71. The molecule has 1 N–H and O–H groups in total. The minimum absolute atomic E-state index is 0.0571. The van der Waals surface area contributed by atoms with Crippen molar-refractivity contribution in [2.24, 2.45) is 10.9 Å². The zero-order valence-electron chi connectivity index (χ0n) is 19.8. The molecule has 2 aliphatic rings. The van der Waals surface area contributed by atoms with Gasteiger partial charge in [0.15, 0.2) is 5.96 Å². The summed E-state index contributed by atoms with van der Waals surface area (Å²) in [4.78, 5) is 21.2. The highest BCUT2D eigenvalue weighted by Gasteiger charge is 2.28. The number of hydrogen-bond donors (Lipinski definition) is 1. The predicted molar refractivity (Wildman–Crippen MR) is 128 cm³/mol. The van der Waals surface area contributed by atoms with Crippen molar-refractivity contribution in [3.8, 4) is 0 Å². The molecule has 32 heavy (non-hydrogen) atoms. The third-order valence-corrected chi connectivity index (χ3v) is 6.29. The summed E-state index contributed by atoms with van der Waals surface area (Å²) in [6, 6.07) is 10.7. The van der Waals surface area contributed by atoms with E-state index in [1.165, 1.54) is 5.56 Å². The lowest BCUT2D eigenvalue weighted by molar-refractivity contribution is -0.149. The average Bonchev–Trinajstić information content (AvgIpc) is 2.83. The van der Waals surface area contributed by atoms with E-state index in [0.29, 0.717) is 19.3 Å². The number of aliphatic imine (C=N–C) groups is 1. The van der Waals surface area contributed by atoms with Crippen molar-refractivity contribution in [3.63, 3.8) is 0 Å². The van der Waals surface area contributed by atoms with Crippen molar-refractivity contribution in [1.82, 2.24) is 15.1 Å². The van der Waals surface area contributed by atoms with Gasteiger partial charge in [-0.05, 0) is 44.6 Å². The van der Waals surface area contributed by atoms with E-state index >= 15 is 0 Å². The maximum Gasteiger partial charge on any atom is 0.310 e. The molecule has 0 aliphatic carbocycles. The molecule has 0 saturated carbocycles. The Morgan fingerprint density at radius 1 is 1.16 bits per heavy atom. The molecule has 0 amide bonds. The molecule has 1 aromatic rings. The van der Waals surface area contributed by atoms with Crippen molar-refractivity contribution < 1.29 is 14.3 Å². The first-order valence-electron chi connectivity index (χ1n) is 12.2. The molecule has 0 radical (unpaired) electrons. The minimum atomic E-state index is -0.0872. The number of esters is 1. The Balaban J connectivity index is 1.28. The fourth-order valence-corrected chi connectivity index (χ4v) is 4.55. The molecule has 7 heteroatoms. The average molecular weight is 445 g/mol. The summed E-state index contributed by atoms with van der Waals surface area (Å²) in [5.41, 5.74) is 1.38. The van der Waals surface area contributed by atoms with Gasteiger partial charge in [0.25, 0.3) is 0 Å². The second kappa shape index (κ2) is 13.4. The normalized spacial score (nSPS) is 20.9. The summed E-state index contributed by atoms with van der Waals surface area (Å²) in [6.07, 6.45) is 5.39. The molecule has 1 atom stereocenters. The Labute approximate surface area is 193 Å². The SMILES string of the molecule is CCOC(=O)[C@@H]1CCCN(C(=NC)NCCCOC2CCN(Cc3ccccc3)CC2)C1. The first kappa shape index (κ1) is 24.5. The maximum absolute atomic E-state index is 12.1. The Morgan fingerprint density at radius 2 is 1.94 bits per heavy atom. The van der Waals surface area contributed by atoms with Crippen LogP contribution in [0.15, 0.2) is 35.3 Å². The predicted octanol–water partition coefficient (Wildman–Crippen LogP) is 2.91. The van der Waals surface area contributed by atoms with Crippen LogP contribution in [0.3, 0.4) is 0 Å². The first-order chi connectivity index (χ1) is 15.7. The van der Waals surface area contributed by atoms with E-state index in [1.807, 2.05) is 6.92 Å². The molecule has 2 heterocycles. The fourth-order valence-electron chi connectivity index (χ4n) is 4.55. The lowest BCUT2D eigenvalue weighted by Crippen LogP contribution is -2.48. The van der Waals surface area contributed by atoms with Crippen LogP contribution in [-0.2, 0) is 20.8 Å². The lowest BCUT2D eigenvalue weighted by Gasteiger charge is -2.34. The molecule has 2 saturated heterocycles. The smallest absolute Gasteiger partial charge is 0.310 e. The molecular formula is C25H40N4O3. The standard InChI is InChI=1S/C25H40N4O3/c1-3-31-24(30)22-11-7-15-29(20-22)25(26-2)27-14-8-18-32-23-12-16-28(17-13-23)19-21-9-5-4-6-10-21/h4-6,9-10,22-23H,3,7-8,11-20H2,1-2H3,(H,26,27)/t22-/m1/s1. The van der Waals surface area contributed by atoms with Crippen LogP contribution in [0.5, 0.6) is 0 Å². The van der Waals surface area contributed by atoms with E-state index in [0.717, 1.165) is 77.4 Å². The summed E-state index contributed by atoms with van der Waals surface area (Å²) in [5, 5.41) is 3.44. The molecule has 0 aromatic heterocycles. The Hall–Kier alpha value is -2.12. The molecule has 2 fully saturated rings. The third kappa shape index (κ3) is 7.78. The third-order valence-electron chi connectivity index (χ3n) is 6.29. The van der Waals surface area contributed by atoms with Gasteiger partial charge >= 0.3 is 5.97 Å². The van der Waals surface area contributed by atoms with Gasteiger partial charge in [0.1, 0.15) is 0 Å². The number of nitrogens with zero attached hydrogens (tertiary/aromatic N) is 3. The number of guanidine groups is 1. The van der Waals surface area contributed by atoms with Crippen LogP contribution in [0.25, 0.3) is 0 Å². The molecule has 3 rings (SSSR count). The van der Waals surface area contributed by atoms with Crippen LogP contribution in [0.1, 0.15) is 44.6 Å². The molecule has 2 aliphatic heterocycles. The van der Waals surface area contributed by atoms with Gasteiger partial charge in [-0.25, -0.2) is 0 Å². The van der Waals surface area contributed by atoms with Crippen molar-refractivity contribution in [3.05, 3.63) is 35.9 Å². The first-order valence-corrected chi connectivity index (χ1v) is 12.2. The van der Waals surface area contributed by atoms with Gasteiger partial charge in [-0.1, -0.05) is 30.3 Å². The van der Waals surface area contributed by atoms with E-state index in [1.54, 1.807) is 7.05 Å². The number of carbonyl (C=O) groups is 1. The second-order valence-corrected chi connectivity index (χ2v) is 8.70. The molecule has 0 bridgehead atoms. The van der Waals surface area contributed by atoms with Gasteiger partial charge < -0.3 is 19.7 Å². The van der Waals surface area contributed by atoms with E-state index < -0.39 is 0 Å². The number of piperidine rings is 2. The Bertz CT molecular complexity index is 704. The Kier molecular flexibility index (Phi) is 10.3. The van der Waals surface area contributed by atoms with Crippen LogP contribution in [0.2, 0.25) is 0 Å². The number of nitrogens with one attached hydrogen (secondary N) is 1.